The smallest absolute Gasteiger partial charge is 0.373 e. The standard InChI is InChI=1S/C13H11BrClNO3/c1-2-3-10-11(13(17)18)19-12(16-10)8-5-4-7(15)6-9(8)14/h4-6H,2-3H2,1H3,(H,17,18). The minimum Gasteiger partial charge on any atom is -0.475 e. The number of hydrogen-bond donors (Lipinski definition) is 1. The summed E-state index contributed by atoms with van der Waals surface area (Å²) in [5, 5.41) is 9.68. The minimum absolute atomic E-state index is 0.0984. The number of nitrogens with zero attached hydrogens (tertiary/aromatic N) is 1. The third-order valence-electron chi connectivity index (χ3n) is 2.54. The summed E-state index contributed by atoms with van der Waals surface area (Å²) in [7, 11) is 0. The van der Waals surface area contributed by atoms with Crippen molar-refractivity contribution >= 4 is 33.5 Å². The van der Waals surface area contributed by atoms with Crippen molar-refractivity contribution in [2.24, 2.45) is 0 Å². The van der Waals surface area contributed by atoms with Gasteiger partial charge in [0.25, 0.3) is 0 Å². The van der Waals surface area contributed by atoms with Gasteiger partial charge in [0.1, 0.15) is 0 Å². The lowest BCUT2D eigenvalue weighted by molar-refractivity contribution is 0.0661. The monoisotopic (exact) mass is 343 g/mol. The van der Waals surface area contributed by atoms with Gasteiger partial charge in [0.15, 0.2) is 0 Å². The fourth-order valence-electron chi connectivity index (χ4n) is 1.70. The average molecular weight is 345 g/mol. The van der Waals surface area contributed by atoms with Crippen LogP contribution >= 0.6 is 27.5 Å². The molecule has 1 aromatic heterocycles. The second-order valence-corrected chi connectivity index (χ2v) is 5.26. The molecule has 0 aliphatic heterocycles. The van der Waals surface area contributed by atoms with Crippen molar-refractivity contribution in [2.75, 3.05) is 0 Å². The largest absolute Gasteiger partial charge is 0.475 e. The SMILES string of the molecule is CCCc1nc(-c2ccc(Cl)cc2Br)oc1C(=O)O. The number of carboxylic acid groups (broad SMARTS) is 1. The molecule has 0 unspecified atom stereocenters. The van der Waals surface area contributed by atoms with E-state index in [4.69, 9.17) is 21.1 Å². The second-order valence-electron chi connectivity index (χ2n) is 3.97. The molecule has 0 radical (unpaired) electrons. The highest BCUT2D eigenvalue weighted by atomic mass is 79.9. The predicted octanol–water partition coefficient (Wildman–Crippen LogP) is 4.41. The molecule has 1 aromatic carbocycles. The minimum atomic E-state index is -1.10. The van der Waals surface area contributed by atoms with Crippen molar-refractivity contribution in [3.8, 4) is 11.5 Å². The van der Waals surface area contributed by atoms with Gasteiger partial charge in [-0.25, -0.2) is 9.78 Å². The van der Waals surface area contributed by atoms with Gasteiger partial charge in [-0.3, -0.25) is 0 Å². The number of hydrogen-bond acceptors (Lipinski definition) is 3. The van der Waals surface area contributed by atoms with E-state index >= 15 is 0 Å². The van der Waals surface area contributed by atoms with E-state index < -0.39 is 5.97 Å². The summed E-state index contributed by atoms with van der Waals surface area (Å²) in [5.74, 6) is -0.921. The number of benzene rings is 1. The summed E-state index contributed by atoms with van der Waals surface area (Å²) in [5.41, 5.74) is 1.14. The third-order valence-corrected chi connectivity index (χ3v) is 3.43. The van der Waals surface area contributed by atoms with Crippen LogP contribution in [-0.4, -0.2) is 16.1 Å². The van der Waals surface area contributed by atoms with Crippen LogP contribution in [0.5, 0.6) is 0 Å². The molecule has 0 saturated carbocycles. The number of aromatic nitrogens is 1. The maximum atomic E-state index is 11.1. The van der Waals surface area contributed by atoms with Crippen molar-refractivity contribution < 1.29 is 14.3 Å². The van der Waals surface area contributed by atoms with Crippen molar-refractivity contribution in [1.82, 2.24) is 4.98 Å². The van der Waals surface area contributed by atoms with Gasteiger partial charge in [0, 0.05) is 9.50 Å². The van der Waals surface area contributed by atoms with Crippen LogP contribution in [0.15, 0.2) is 27.1 Å². The third kappa shape index (κ3) is 2.98. The Morgan fingerprint density at radius 1 is 1.53 bits per heavy atom. The molecule has 0 saturated heterocycles. The Morgan fingerprint density at radius 3 is 2.84 bits per heavy atom. The second kappa shape index (κ2) is 5.75. The Kier molecular flexibility index (Phi) is 4.27. The van der Waals surface area contributed by atoms with E-state index in [1.807, 2.05) is 6.92 Å². The van der Waals surface area contributed by atoms with Crippen LogP contribution in [-0.2, 0) is 6.42 Å². The molecule has 0 fully saturated rings. The molecular formula is C13H11BrClNO3. The van der Waals surface area contributed by atoms with E-state index in [1.165, 1.54) is 0 Å². The molecule has 19 heavy (non-hydrogen) atoms. The quantitative estimate of drug-likeness (QED) is 0.892. The van der Waals surface area contributed by atoms with Crippen LogP contribution in [0.3, 0.4) is 0 Å². The summed E-state index contributed by atoms with van der Waals surface area (Å²) in [6.07, 6.45) is 1.37. The van der Waals surface area contributed by atoms with Crippen LogP contribution in [0, 0.1) is 0 Å². The van der Waals surface area contributed by atoms with Crippen LogP contribution in [0.2, 0.25) is 5.02 Å². The number of aromatic carboxylic acids is 1. The van der Waals surface area contributed by atoms with Crippen molar-refractivity contribution in [3.63, 3.8) is 0 Å². The van der Waals surface area contributed by atoms with E-state index in [1.54, 1.807) is 18.2 Å². The Balaban J connectivity index is 2.50. The Bertz CT molecular complexity index is 624. The van der Waals surface area contributed by atoms with Gasteiger partial charge in [-0.05, 0) is 40.5 Å². The normalized spacial score (nSPS) is 10.7. The first kappa shape index (κ1) is 14.1. The summed E-state index contributed by atoms with van der Waals surface area (Å²) < 4.78 is 6.06. The Morgan fingerprint density at radius 2 is 2.26 bits per heavy atom. The fourth-order valence-corrected chi connectivity index (χ4v) is 2.56. The zero-order valence-corrected chi connectivity index (χ0v) is 12.5. The van der Waals surface area contributed by atoms with E-state index in [0.29, 0.717) is 27.2 Å². The lowest BCUT2D eigenvalue weighted by atomic mass is 10.2. The summed E-state index contributed by atoms with van der Waals surface area (Å²) in [4.78, 5) is 15.4. The number of carbonyl (C=O) groups is 1. The molecule has 0 spiro atoms. The fraction of sp³-hybridized carbons (Fsp3) is 0.231. The molecule has 0 bridgehead atoms. The first-order valence-corrected chi connectivity index (χ1v) is 6.88. The molecule has 100 valence electrons. The van der Waals surface area contributed by atoms with Crippen LogP contribution < -0.4 is 0 Å². The molecule has 2 aromatic rings. The van der Waals surface area contributed by atoms with E-state index in [2.05, 4.69) is 20.9 Å². The Hall–Kier alpha value is -1.33. The maximum absolute atomic E-state index is 11.1. The number of carboxylic acids is 1. The van der Waals surface area contributed by atoms with Gasteiger partial charge in [-0.15, -0.1) is 0 Å². The van der Waals surface area contributed by atoms with Gasteiger partial charge >= 0.3 is 5.97 Å². The first-order valence-electron chi connectivity index (χ1n) is 5.71. The molecule has 1 N–H and O–H groups in total. The number of aryl methyl sites for hydroxylation is 1. The van der Waals surface area contributed by atoms with Gasteiger partial charge in [0.2, 0.25) is 11.7 Å². The average Bonchev–Trinajstić information content (AvgIpc) is 2.73. The predicted molar refractivity (Wildman–Crippen MR) is 75.6 cm³/mol. The topological polar surface area (TPSA) is 63.3 Å². The molecule has 0 amide bonds. The highest BCUT2D eigenvalue weighted by Gasteiger charge is 2.20. The molecule has 6 heteroatoms. The van der Waals surface area contributed by atoms with Crippen molar-refractivity contribution in [2.45, 2.75) is 19.8 Å². The molecule has 4 nitrogen and oxygen atoms in total. The molecular weight excluding hydrogens is 334 g/mol. The Labute approximate surface area is 123 Å². The summed E-state index contributed by atoms with van der Waals surface area (Å²) in [6, 6.07) is 5.15. The highest BCUT2D eigenvalue weighted by molar-refractivity contribution is 9.10. The zero-order valence-electron chi connectivity index (χ0n) is 10.1. The number of oxazole rings is 1. The summed E-state index contributed by atoms with van der Waals surface area (Å²) in [6.45, 7) is 1.96. The van der Waals surface area contributed by atoms with E-state index in [9.17, 15) is 4.79 Å². The van der Waals surface area contributed by atoms with Gasteiger partial charge in [-0.2, -0.15) is 0 Å². The number of rotatable bonds is 4. The lowest BCUT2D eigenvalue weighted by Gasteiger charge is -1.99. The molecule has 0 atom stereocenters. The van der Waals surface area contributed by atoms with Gasteiger partial charge < -0.3 is 9.52 Å². The molecule has 0 aliphatic carbocycles. The van der Waals surface area contributed by atoms with E-state index in [-0.39, 0.29) is 11.7 Å². The van der Waals surface area contributed by atoms with Gasteiger partial charge in [-0.1, -0.05) is 24.9 Å². The van der Waals surface area contributed by atoms with Crippen LogP contribution in [0.25, 0.3) is 11.5 Å². The molecule has 1 heterocycles. The highest BCUT2D eigenvalue weighted by Crippen LogP contribution is 2.31. The first-order chi connectivity index (χ1) is 9.02. The van der Waals surface area contributed by atoms with Crippen LogP contribution in [0.4, 0.5) is 0 Å². The summed E-state index contributed by atoms with van der Waals surface area (Å²) >= 11 is 9.23. The van der Waals surface area contributed by atoms with E-state index in [0.717, 1.165) is 6.42 Å². The maximum Gasteiger partial charge on any atom is 0.373 e. The van der Waals surface area contributed by atoms with Crippen molar-refractivity contribution in [3.05, 3.63) is 39.1 Å². The zero-order chi connectivity index (χ0) is 14.0. The van der Waals surface area contributed by atoms with Crippen LogP contribution in [0.1, 0.15) is 29.6 Å². The molecule has 2 rings (SSSR count). The van der Waals surface area contributed by atoms with Crippen molar-refractivity contribution in [1.29, 1.82) is 0 Å². The molecule has 0 aliphatic rings. The lowest BCUT2D eigenvalue weighted by Crippen LogP contribution is -1.99. The van der Waals surface area contributed by atoms with Gasteiger partial charge in [0.05, 0.1) is 11.3 Å². The number of halogens is 2.